The zero-order valence-corrected chi connectivity index (χ0v) is 12.6. The summed E-state index contributed by atoms with van der Waals surface area (Å²) in [6.45, 7) is 1.83. The Kier molecular flexibility index (Phi) is 4.25. The first kappa shape index (κ1) is 14.1. The first-order valence-corrected chi connectivity index (χ1v) is 7.78. The first-order chi connectivity index (χ1) is 10.3. The van der Waals surface area contributed by atoms with E-state index in [4.69, 9.17) is 0 Å². The van der Waals surface area contributed by atoms with Crippen molar-refractivity contribution in [3.05, 3.63) is 36.0 Å². The van der Waals surface area contributed by atoms with Crippen LogP contribution in [-0.2, 0) is 17.9 Å². The molecule has 0 spiro atoms. The second-order valence-electron chi connectivity index (χ2n) is 5.83. The Labute approximate surface area is 125 Å². The fraction of sp³-hybridized carbons (Fsp3) is 0.471. The van der Waals surface area contributed by atoms with Crippen LogP contribution in [0.3, 0.4) is 0 Å². The SMILES string of the molecule is CNC(=O)CCCn1ccc2ccc(CNC3CC3)cc21. The zero-order valence-electron chi connectivity index (χ0n) is 12.6. The molecule has 21 heavy (non-hydrogen) atoms. The summed E-state index contributed by atoms with van der Waals surface area (Å²) in [6.07, 6.45) is 6.20. The molecule has 1 aliphatic rings. The second kappa shape index (κ2) is 6.31. The monoisotopic (exact) mass is 285 g/mol. The van der Waals surface area contributed by atoms with Crippen molar-refractivity contribution >= 4 is 16.8 Å². The van der Waals surface area contributed by atoms with Gasteiger partial charge in [0, 0.05) is 44.3 Å². The largest absolute Gasteiger partial charge is 0.359 e. The smallest absolute Gasteiger partial charge is 0.219 e. The number of nitrogens with zero attached hydrogens (tertiary/aromatic N) is 1. The molecule has 4 nitrogen and oxygen atoms in total. The summed E-state index contributed by atoms with van der Waals surface area (Å²) in [6, 6.07) is 9.54. The van der Waals surface area contributed by atoms with Crippen LogP contribution in [0.2, 0.25) is 0 Å². The minimum absolute atomic E-state index is 0.112. The fourth-order valence-electron chi connectivity index (χ4n) is 2.62. The maximum atomic E-state index is 11.3. The number of carbonyl (C=O) groups is 1. The Balaban J connectivity index is 1.66. The number of aromatic nitrogens is 1. The van der Waals surface area contributed by atoms with Crippen LogP contribution >= 0.6 is 0 Å². The van der Waals surface area contributed by atoms with Gasteiger partial charge in [-0.15, -0.1) is 0 Å². The molecule has 1 aromatic heterocycles. The molecule has 1 amide bonds. The molecule has 0 bridgehead atoms. The lowest BCUT2D eigenvalue weighted by atomic mass is 10.1. The minimum Gasteiger partial charge on any atom is -0.359 e. The van der Waals surface area contributed by atoms with Crippen molar-refractivity contribution in [2.45, 2.75) is 44.8 Å². The molecule has 1 heterocycles. The van der Waals surface area contributed by atoms with Crippen LogP contribution in [0.25, 0.3) is 10.9 Å². The predicted octanol–water partition coefficient (Wildman–Crippen LogP) is 2.42. The molecule has 0 aliphatic heterocycles. The Morgan fingerprint density at radius 2 is 2.19 bits per heavy atom. The van der Waals surface area contributed by atoms with Crippen LogP contribution in [0, 0.1) is 0 Å². The number of benzene rings is 1. The van der Waals surface area contributed by atoms with E-state index in [2.05, 4.69) is 45.7 Å². The standard InChI is InChI=1S/C17H23N3O/c1-18-17(21)3-2-9-20-10-8-14-5-4-13(11-16(14)20)12-19-15-6-7-15/h4-5,8,10-11,15,19H,2-3,6-7,9,12H2,1H3,(H,18,21). The summed E-state index contributed by atoms with van der Waals surface area (Å²) in [7, 11) is 1.69. The Morgan fingerprint density at radius 3 is 2.95 bits per heavy atom. The molecule has 2 N–H and O–H groups in total. The van der Waals surface area contributed by atoms with Gasteiger partial charge in [-0.3, -0.25) is 4.79 Å². The lowest BCUT2D eigenvalue weighted by molar-refractivity contribution is -0.120. The van der Waals surface area contributed by atoms with Gasteiger partial charge in [-0.05, 0) is 42.3 Å². The van der Waals surface area contributed by atoms with Crippen molar-refractivity contribution in [2.24, 2.45) is 0 Å². The molecule has 0 unspecified atom stereocenters. The van der Waals surface area contributed by atoms with Gasteiger partial charge in [0.2, 0.25) is 5.91 Å². The summed E-state index contributed by atoms with van der Waals surface area (Å²) >= 11 is 0. The third-order valence-electron chi connectivity index (χ3n) is 4.09. The molecule has 1 aliphatic carbocycles. The highest BCUT2D eigenvalue weighted by Crippen LogP contribution is 2.21. The van der Waals surface area contributed by atoms with Gasteiger partial charge in [0.15, 0.2) is 0 Å². The second-order valence-corrected chi connectivity index (χ2v) is 5.83. The van der Waals surface area contributed by atoms with E-state index in [0.29, 0.717) is 6.42 Å². The number of hydrogen-bond acceptors (Lipinski definition) is 2. The Hall–Kier alpha value is -1.81. The summed E-state index contributed by atoms with van der Waals surface area (Å²) in [5.74, 6) is 0.112. The van der Waals surface area contributed by atoms with E-state index in [-0.39, 0.29) is 5.91 Å². The number of fused-ring (bicyclic) bond motifs is 1. The molecule has 3 rings (SSSR count). The number of nitrogens with one attached hydrogen (secondary N) is 2. The van der Waals surface area contributed by atoms with Crippen molar-refractivity contribution in [2.75, 3.05) is 7.05 Å². The van der Waals surface area contributed by atoms with E-state index < -0.39 is 0 Å². The van der Waals surface area contributed by atoms with Gasteiger partial charge in [0.05, 0.1) is 0 Å². The number of hydrogen-bond donors (Lipinski definition) is 2. The normalized spacial score (nSPS) is 14.5. The van der Waals surface area contributed by atoms with Gasteiger partial charge in [0.25, 0.3) is 0 Å². The summed E-state index contributed by atoms with van der Waals surface area (Å²) in [4.78, 5) is 11.3. The first-order valence-electron chi connectivity index (χ1n) is 7.78. The van der Waals surface area contributed by atoms with Crippen molar-refractivity contribution in [3.63, 3.8) is 0 Å². The number of carbonyl (C=O) groups excluding carboxylic acids is 1. The van der Waals surface area contributed by atoms with E-state index in [1.165, 1.54) is 29.3 Å². The molecule has 0 atom stereocenters. The maximum Gasteiger partial charge on any atom is 0.219 e. The van der Waals surface area contributed by atoms with E-state index in [0.717, 1.165) is 25.6 Å². The predicted molar refractivity (Wildman–Crippen MR) is 85.1 cm³/mol. The summed E-state index contributed by atoms with van der Waals surface area (Å²) in [5.41, 5.74) is 2.60. The highest BCUT2D eigenvalue weighted by Gasteiger charge is 2.19. The molecule has 4 heteroatoms. The molecule has 2 aromatic rings. The number of rotatable bonds is 7. The molecule has 0 saturated heterocycles. The minimum atomic E-state index is 0.112. The lowest BCUT2D eigenvalue weighted by Crippen LogP contribution is -2.17. The van der Waals surface area contributed by atoms with E-state index >= 15 is 0 Å². The van der Waals surface area contributed by atoms with Crippen LogP contribution < -0.4 is 10.6 Å². The van der Waals surface area contributed by atoms with Gasteiger partial charge >= 0.3 is 0 Å². The third kappa shape index (κ3) is 3.64. The van der Waals surface area contributed by atoms with Crippen LogP contribution in [0.15, 0.2) is 30.5 Å². The van der Waals surface area contributed by atoms with Crippen molar-refractivity contribution in [1.82, 2.24) is 15.2 Å². The van der Waals surface area contributed by atoms with Gasteiger partial charge in [-0.25, -0.2) is 0 Å². The summed E-state index contributed by atoms with van der Waals surface area (Å²) < 4.78 is 2.25. The highest BCUT2D eigenvalue weighted by molar-refractivity contribution is 5.81. The molecule has 112 valence electrons. The van der Waals surface area contributed by atoms with E-state index in [9.17, 15) is 4.79 Å². The van der Waals surface area contributed by atoms with Gasteiger partial charge < -0.3 is 15.2 Å². The average Bonchev–Trinajstić information content (AvgIpc) is 3.26. The van der Waals surface area contributed by atoms with Crippen LogP contribution in [0.4, 0.5) is 0 Å². The molecule has 1 aromatic carbocycles. The Morgan fingerprint density at radius 1 is 1.33 bits per heavy atom. The van der Waals surface area contributed by atoms with Crippen molar-refractivity contribution in [3.8, 4) is 0 Å². The fourth-order valence-corrected chi connectivity index (χ4v) is 2.62. The number of amides is 1. The topological polar surface area (TPSA) is 46.1 Å². The van der Waals surface area contributed by atoms with Crippen LogP contribution in [-0.4, -0.2) is 23.6 Å². The number of aryl methyl sites for hydroxylation is 1. The molecule has 1 fully saturated rings. The molecule has 1 saturated carbocycles. The van der Waals surface area contributed by atoms with Crippen molar-refractivity contribution < 1.29 is 4.79 Å². The van der Waals surface area contributed by atoms with Gasteiger partial charge in [-0.2, -0.15) is 0 Å². The molecular formula is C17H23N3O. The van der Waals surface area contributed by atoms with Crippen LogP contribution in [0.5, 0.6) is 0 Å². The van der Waals surface area contributed by atoms with E-state index in [1.807, 2.05) is 0 Å². The van der Waals surface area contributed by atoms with Crippen LogP contribution in [0.1, 0.15) is 31.2 Å². The average molecular weight is 285 g/mol. The maximum absolute atomic E-state index is 11.3. The molecular weight excluding hydrogens is 262 g/mol. The third-order valence-corrected chi connectivity index (χ3v) is 4.09. The van der Waals surface area contributed by atoms with Gasteiger partial charge in [-0.1, -0.05) is 12.1 Å². The van der Waals surface area contributed by atoms with Crippen molar-refractivity contribution in [1.29, 1.82) is 0 Å². The highest BCUT2D eigenvalue weighted by atomic mass is 16.1. The summed E-state index contributed by atoms with van der Waals surface area (Å²) in [5, 5.41) is 7.49. The Bertz CT molecular complexity index is 628. The quantitative estimate of drug-likeness (QED) is 0.820. The lowest BCUT2D eigenvalue weighted by Gasteiger charge is -2.08. The van der Waals surface area contributed by atoms with Gasteiger partial charge in [0.1, 0.15) is 0 Å². The van der Waals surface area contributed by atoms with E-state index in [1.54, 1.807) is 7.05 Å². The molecule has 0 radical (unpaired) electrons. The zero-order chi connectivity index (χ0) is 14.7.